The minimum absolute atomic E-state index is 0.128. The van der Waals surface area contributed by atoms with Gasteiger partial charge in [-0.15, -0.1) is 0 Å². The minimum atomic E-state index is -0.313. The van der Waals surface area contributed by atoms with Gasteiger partial charge in [0.25, 0.3) is 0 Å². The average molecular weight is 351 g/mol. The van der Waals surface area contributed by atoms with Crippen molar-refractivity contribution < 1.29 is 18.7 Å². The Morgan fingerprint density at radius 3 is 2.56 bits per heavy atom. The molecule has 1 fully saturated rings. The van der Waals surface area contributed by atoms with Gasteiger partial charge in [-0.05, 0) is 37.5 Å². The summed E-state index contributed by atoms with van der Waals surface area (Å²) in [5.74, 6) is -0.623. The molecule has 25 heavy (non-hydrogen) atoms. The van der Waals surface area contributed by atoms with Crippen LogP contribution in [-0.2, 0) is 16.1 Å². The van der Waals surface area contributed by atoms with Crippen molar-refractivity contribution in [2.45, 2.75) is 26.3 Å². The van der Waals surface area contributed by atoms with E-state index < -0.39 is 0 Å². The van der Waals surface area contributed by atoms with Crippen molar-refractivity contribution in [2.24, 2.45) is 5.92 Å². The van der Waals surface area contributed by atoms with E-state index >= 15 is 0 Å². The highest BCUT2D eigenvalue weighted by Crippen LogP contribution is 2.20. The zero-order valence-corrected chi connectivity index (χ0v) is 15.0. The molecule has 1 aliphatic rings. The van der Waals surface area contributed by atoms with Gasteiger partial charge < -0.3 is 19.9 Å². The van der Waals surface area contributed by atoms with Crippen LogP contribution in [0.1, 0.15) is 25.3 Å². The molecule has 0 atom stereocenters. The summed E-state index contributed by atoms with van der Waals surface area (Å²) in [5.41, 5.74) is 1.22. The highest BCUT2D eigenvalue weighted by molar-refractivity contribution is 5.76. The molecule has 1 heterocycles. The predicted molar refractivity (Wildman–Crippen MR) is 93.9 cm³/mol. The minimum Gasteiger partial charge on any atom is -0.466 e. The summed E-state index contributed by atoms with van der Waals surface area (Å²) in [4.78, 5) is 27.3. The van der Waals surface area contributed by atoms with Gasteiger partial charge >= 0.3 is 12.0 Å². The smallest absolute Gasteiger partial charge is 0.317 e. The van der Waals surface area contributed by atoms with Crippen molar-refractivity contribution in [1.29, 1.82) is 0 Å². The van der Waals surface area contributed by atoms with Crippen molar-refractivity contribution in [1.82, 2.24) is 10.2 Å². The van der Waals surface area contributed by atoms with Gasteiger partial charge in [0.05, 0.1) is 18.2 Å². The van der Waals surface area contributed by atoms with Crippen LogP contribution in [0.25, 0.3) is 0 Å². The number of carbonyl (C=O) groups is 2. The number of hydrogen-bond acceptors (Lipinski definition) is 4. The Hall–Kier alpha value is -2.31. The highest BCUT2D eigenvalue weighted by atomic mass is 19.1. The maximum atomic E-state index is 14.0. The monoisotopic (exact) mass is 351 g/mol. The normalized spacial score (nSPS) is 15.0. The number of hydrogen-bond donors (Lipinski definition) is 1. The molecule has 0 aromatic heterocycles. The molecular formula is C18H26FN3O3. The lowest BCUT2D eigenvalue weighted by Gasteiger charge is -2.30. The molecule has 2 amide bonds. The van der Waals surface area contributed by atoms with Gasteiger partial charge in [0.15, 0.2) is 0 Å². The quantitative estimate of drug-likeness (QED) is 0.828. The molecule has 0 spiro atoms. The third-order valence-corrected chi connectivity index (χ3v) is 4.34. The largest absolute Gasteiger partial charge is 0.466 e. The Labute approximate surface area is 147 Å². The average Bonchev–Trinajstić information content (AvgIpc) is 2.59. The summed E-state index contributed by atoms with van der Waals surface area (Å²) < 4.78 is 19.0. The summed E-state index contributed by atoms with van der Waals surface area (Å²) in [5, 5.41) is 2.80. The Balaban J connectivity index is 1.81. The van der Waals surface area contributed by atoms with Crippen LogP contribution < -0.4 is 10.2 Å². The fourth-order valence-electron chi connectivity index (χ4n) is 2.89. The Morgan fingerprint density at radius 2 is 2.00 bits per heavy atom. The number of amides is 2. The molecule has 6 nitrogen and oxygen atoms in total. The maximum absolute atomic E-state index is 14.0. The number of rotatable bonds is 5. The van der Waals surface area contributed by atoms with Crippen LogP contribution in [0.2, 0.25) is 0 Å². The van der Waals surface area contributed by atoms with Crippen molar-refractivity contribution in [2.75, 3.05) is 38.7 Å². The third kappa shape index (κ3) is 5.08. The number of anilines is 1. The summed E-state index contributed by atoms with van der Waals surface area (Å²) in [6, 6.07) is 4.73. The van der Waals surface area contributed by atoms with E-state index in [1.165, 1.54) is 6.07 Å². The first-order valence-electron chi connectivity index (χ1n) is 8.57. The summed E-state index contributed by atoms with van der Waals surface area (Å²) in [6.07, 6.45) is 1.22. The zero-order chi connectivity index (χ0) is 18.4. The molecule has 2 rings (SSSR count). The van der Waals surface area contributed by atoms with E-state index in [1.807, 2.05) is 0 Å². The van der Waals surface area contributed by atoms with Crippen LogP contribution in [0, 0.1) is 11.7 Å². The lowest BCUT2D eigenvalue weighted by molar-refractivity contribution is -0.149. The molecule has 1 aromatic carbocycles. The van der Waals surface area contributed by atoms with E-state index in [0.717, 1.165) is 0 Å². The number of piperidine rings is 1. The molecule has 0 radical (unpaired) electrons. The molecule has 7 heteroatoms. The number of nitrogens with zero attached hydrogens (tertiary/aromatic N) is 2. The Morgan fingerprint density at radius 1 is 1.32 bits per heavy atom. The number of urea groups is 1. The number of benzene rings is 1. The van der Waals surface area contributed by atoms with Crippen LogP contribution in [0.4, 0.5) is 14.9 Å². The van der Waals surface area contributed by atoms with E-state index in [9.17, 15) is 14.0 Å². The number of esters is 1. The van der Waals surface area contributed by atoms with Crippen molar-refractivity contribution in [3.8, 4) is 0 Å². The number of carbonyl (C=O) groups excluding carboxylic acids is 2. The maximum Gasteiger partial charge on any atom is 0.317 e. The second-order valence-electron chi connectivity index (χ2n) is 6.35. The first-order chi connectivity index (χ1) is 11.9. The molecule has 0 bridgehead atoms. The lowest BCUT2D eigenvalue weighted by Crippen LogP contribution is -2.45. The van der Waals surface area contributed by atoms with Crippen LogP contribution in [0.3, 0.4) is 0 Å². The molecule has 1 aromatic rings. The first-order valence-corrected chi connectivity index (χ1v) is 8.57. The van der Waals surface area contributed by atoms with E-state index in [4.69, 9.17) is 4.74 Å². The van der Waals surface area contributed by atoms with Gasteiger partial charge in [-0.3, -0.25) is 4.79 Å². The van der Waals surface area contributed by atoms with E-state index in [0.29, 0.717) is 43.8 Å². The van der Waals surface area contributed by atoms with Gasteiger partial charge in [-0.25, -0.2) is 9.18 Å². The number of ether oxygens (including phenoxy) is 1. The Kier molecular flexibility index (Phi) is 6.61. The summed E-state index contributed by atoms with van der Waals surface area (Å²) in [7, 11) is 3.56. The highest BCUT2D eigenvalue weighted by Gasteiger charge is 2.28. The molecule has 138 valence electrons. The van der Waals surface area contributed by atoms with Crippen molar-refractivity contribution in [3.05, 3.63) is 29.6 Å². The van der Waals surface area contributed by atoms with Gasteiger partial charge in [0, 0.05) is 33.7 Å². The van der Waals surface area contributed by atoms with Crippen LogP contribution in [0.5, 0.6) is 0 Å². The molecule has 1 aliphatic heterocycles. The van der Waals surface area contributed by atoms with Crippen LogP contribution in [0.15, 0.2) is 18.2 Å². The topological polar surface area (TPSA) is 61.9 Å². The van der Waals surface area contributed by atoms with E-state index in [-0.39, 0.29) is 30.3 Å². The van der Waals surface area contributed by atoms with Gasteiger partial charge in [0.2, 0.25) is 0 Å². The first kappa shape index (κ1) is 19.0. The molecule has 0 unspecified atom stereocenters. The Bertz CT molecular complexity index is 614. The molecule has 1 saturated heterocycles. The van der Waals surface area contributed by atoms with Crippen LogP contribution >= 0.6 is 0 Å². The summed E-state index contributed by atoms with van der Waals surface area (Å²) in [6.45, 7) is 3.46. The SMILES string of the molecule is CCOC(=O)C1CCN(C(=O)NCc2ccc(N(C)C)c(F)c2)CC1. The second-order valence-corrected chi connectivity index (χ2v) is 6.35. The van der Waals surface area contributed by atoms with E-state index in [2.05, 4.69) is 5.32 Å². The number of nitrogens with one attached hydrogen (secondary N) is 1. The van der Waals surface area contributed by atoms with Gasteiger partial charge in [0.1, 0.15) is 5.82 Å². The van der Waals surface area contributed by atoms with Gasteiger partial charge in [-0.1, -0.05) is 6.07 Å². The number of halogens is 1. The summed E-state index contributed by atoms with van der Waals surface area (Å²) >= 11 is 0. The van der Waals surface area contributed by atoms with Crippen molar-refractivity contribution >= 4 is 17.7 Å². The molecule has 1 N–H and O–H groups in total. The van der Waals surface area contributed by atoms with Gasteiger partial charge in [-0.2, -0.15) is 0 Å². The van der Waals surface area contributed by atoms with Crippen molar-refractivity contribution in [3.63, 3.8) is 0 Å². The number of likely N-dealkylation sites (tertiary alicyclic amines) is 1. The lowest BCUT2D eigenvalue weighted by atomic mass is 9.97. The molecule has 0 saturated carbocycles. The zero-order valence-electron chi connectivity index (χ0n) is 15.0. The fraction of sp³-hybridized carbons (Fsp3) is 0.556. The fourth-order valence-corrected chi connectivity index (χ4v) is 2.89. The van der Waals surface area contributed by atoms with Crippen LogP contribution in [-0.4, -0.2) is 50.7 Å². The second kappa shape index (κ2) is 8.69. The standard InChI is InChI=1S/C18H26FN3O3/c1-4-25-17(23)14-7-9-22(10-8-14)18(24)20-12-13-5-6-16(21(2)3)15(19)11-13/h5-6,11,14H,4,7-10,12H2,1-3H3,(H,20,24). The molecule has 0 aliphatic carbocycles. The molecular weight excluding hydrogens is 325 g/mol. The predicted octanol–water partition coefficient (Wildman–Crippen LogP) is 2.38. The third-order valence-electron chi connectivity index (χ3n) is 4.34. The van der Waals surface area contributed by atoms with E-state index in [1.54, 1.807) is 43.0 Å².